The van der Waals surface area contributed by atoms with E-state index in [4.69, 9.17) is 28.5 Å². The van der Waals surface area contributed by atoms with Gasteiger partial charge in [0.1, 0.15) is 0 Å². The summed E-state index contributed by atoms with van der Waals surface area (Å²) in [5.41, 5.74) is 0.783. The van der Waals surface area contributed by atoms with Crippen molar-refractivity contribution in [2.24, 2.45) is 0 Å². The number of rotatable bonds is 6. The van der Waals surface area contributed by atoms with Crippen molar-refractivity contribution in [3.05, 3.63) is 58.6 Å². The molecule has 0 N–H and O–H groups in total. The van der Waals surface area contributed by atoms with Gasteiger partial charge in [0.2, 0.25) is 5.91 Å². The van der Waals surface area contributed by atoms with E-state index in [1.807, 2.05) is 30.3 Å². The number of benzene rings is 2. The SMILES string of the molecule is N#CCCN(C(=O)CSc1cc(Cl)ccc1Cl)c1ccccc1. The lowest BCUT2D eigenvalue weighted by molar-refractivity contribution is -0.116. The van der Waals surface area contributed by atoms with Crippen LogP contribution in [0, 0.1) is 11.3 Å². The van der Waals surface area contributed by atoms with Crippen molar-refractivity contribution in [1.29, 1.82) is 5.26 Å². The molecule has 3 nitrogen and oxygen atoms in total. The number of nitrogens with zero attached hydrogens (tertiary/aromatic N) is 2. The Labute approximate surface area is 149 Å². The van der Waals surface area contributed by atoms with E-state index >= 15 is 0 Å². The summed E-state index contributed by atoms with van der Waals surface area (Å²) in [6, 6.07) is 16.6. The summed E-state index contributed by atoms with van der Waals surface area (Å²) in [6.45, 7) is 0.364. The highest BCUT2D eigenvalue weighted by Crippen LogP contribution is 2.30. The van der Waals surface area contributed by atoms with Crippen molar-refractivity contribution in [2.45, 2.75) is 11.3 Å². The van der Waals surface area contributed by atoms with Crippen molar-refractivity contribution in [1.82, 2.24) is 0 Å². The van der Waals surface area contributed by atoms with Crippen LogP contribution in [0.5, 0.6) is 0 Å². The molecule has 0 spiro atoms. The molecule has 2 aromatic rings. The smallest absolute Gasteiger partial charge is 0.237 e. The van der Waals surface area contributed by atoms with Crippen LogP contribution in [-0.2, 0) is 4.79 Å². The minimum atomic E-state index is -0.0764. The molecule has 23 heavy (non-hydrogen) atoms. The molecule has 0 saturated carbocycles. The maximum Gasteiger partial charge on any atom is 0.237 e. The number of amides is 1. The molecule has 0 fully saturated rings. The lowest BCUT2D eigenvalue weighted by atomic mass is 10.2. The Morgan fingerprint density at radius 3 is 2.61 bits per heavy atom. The number of hydrogen-bond donors (Lipinski definition) is 0. The maximum absolute atomic E-state index is 12.5. The van der Waals surface area contributed by atoms with Crippen molar-refractivity contribution in [3.63, 3.8) is 0 Å². The predicted octanol–water partition coefficient (Wildman–Crippen LogP) is 5.03. The molecular formula is C17H14Cl2N2OS. The van der Waals surface area contributed by atoms with Crippen molar-refractivity contribution < 1.29 is 4.79 Å². The number of carbonyl (C=O) groups is 1. The van der Waals surface area contributed by atoms with Gasteiger partial charge in [-0.1, -0.05) is 41.4 Å². The third-order valence-corrected chi connectivity index (χ3v) is 4.78. The first-order valence-corrected chi connectivity index (χ1v) is 8.66. The topological polar surface area (TPSA) is 44.1 Å². The number of anilines is 1. The molecule has 118 valence electrons. The number of para-hydroxylation sites is 1. The summed E-state index contributed by atoms with van der Waals surface area (Å²) in [4.78, 5) is 14.9. The molecule has 0 aliphatic carbocycles. The van der Waals surface area contributed by atoms with Gasteiger partial charge in [-0.3, -0.25) is 4.79 Å². The number of thioether (sulfide) groups is 1. The Morgan fingerprint density at radius 1 is 1.17 bits per heavy atom. The highest BCUT2D eigenvalue weighted by atomic mass is 35.5. The summed E-state index contributed by atoms with van der Waals surface area (Å²) >= 11 is 13.4. The molecular weight excluding hydrogens is 351 g/mol. The van der Waals surface area contributed by atoms with Gasteiger partial charge in [-0.25, -0.2) is 0 Å². The first kappa shape index (κ1) is 17.7. The molecule has 0 atom stereocenters. The minimum absolute atomic E-state index is 0.0764. The van der Waals surface area contributed by atoms with Gasteiger partial charge in [0.05, 0.1) is 23.3 Å². The predicted molar refractivity (Wildman–Crippen MR) is 96.2 cm³/mol. The molecule has 0 unspecified atom stereocenters. The molecule has 0 aromatic heterocycles. The average molecular weight is 365 g/mol. The number of hydrogen-bond acceptors (Lipinski definition) is 3. The van der Waals surface area contributed by atoms with Crippen molar-refractivity contribution in [2.75, 3.05) is 17.2 Å². The fourth-order valence-corrected chi connectivity index (χ4v) is 3.34. The lowest BCUT2D eigenvalue weighted by Gasteiger charge is -2.21. The molecule has 2 rings (SSSR count). The molecule has 0 saturated heterocycles. The van der Waals surface area contributed by atoms with Gasteiger partial charge in [-0.2, -0.15) is 5.26 Å². The van der Waals surface area contributed by atoms with Gasteiger partial charge >= 0.3 is 0 Å². The normalized spacial score (nSPS) is 10.1. The van der Waals surface area contributed by atoms with E-state index in [0.29, 0.717) is 16.6 Å². The Morgan fingerprint density at radius 2 is 1.91 bits per heavy atom. The van der Waals surface area contributed by atoms with E-state index in [1.54, 1.807) is 23.1 Å². The number of halogens is 2. The summed E-state index contributed by atoms with van der Waals surface area (Å²) in [5.74, 6) is 0.146. The van der Waals surface area contributed by atoms with E-state index in [-0.39, 0.29) is 18.1 Å². The van der Waals surface area contributed by atoms with Gasteiger partial charge in [-0.05, 0) is 30.3 Å². The van der Waals surface area contributed by atoms with Crippen LogP contribution in [0.1, 0.15) is 6.42 Å². The number of nitriles is 1. The summed E-state index contributed by atoms with van der Waals surface area (Å²) in [5, 5.41) is 9.94. The molecule has 0 bridgehead atoms. The van der Waals surface area contributed by atoms with E-state index < -0.39 is 0 Å². The quantitative estimate of drug-likeness (QED) is 0.674. The maximum atomic E-state index is 12.5. The van der Waals surface area contributed by atoms with E-state index in [0.717, 1.165) is 10.6 Å². The molecule has 2 aromatic carbocycles. The van der Waals surface area contributed by atoms with Crippen molar-refractivity contribution >= 4 is 46.6 Å². The monoisotopic (exact) mass is 364 g/mol. The van der Waals surface area contributed by atoms with Gasteiger partial charge in [0, 0.05) is 22.2 Å². The first-order valence-electron chi connectivity index (χ1n) is 6.92. The largest absolute Gasteiger partial charge is 0.311 e. The third kappa shape index (κ3) is 5.18. The fraction of sp³-hybridized carbons (Fsp3) is 0.176. The lowest BCUT2D eigenvalue weighted by Crippen LogP contribution is -2.33. The van der Waals surface area contributed by atoms with Crippen LogP contribution in [0.15, 0.2) is 53.4 Å². The van der Waals surface area contributed by atoms with Gasteiger partial charge in [-0.15, -0.1) is 11.8 Å². The second kappa shape index (κ2) is 8.83. The second-order valence-corrected chi connectivity index (χ2v) is 6.51. The first-order chi connectivity index (χ1) is 11.1. The second-order valence-electron chi connectivity index (χ2n) is 4.65. The molecule has 1 amide bonds. The van der Waals surface area contributed by atoms with Crippen LogP contribution in [0.2, 0.25) is 10.0 Å². The summed E-state index contributed by atoms with van der Waals surface area (Å²) in [7, 11) is 0. The molecule has 0 aliphatic heterocycles. The zero-order valence-corrected chi connectivity index (χ0v) is 14.5. The third-order valence-electron chi connectivity index (χ3n) is 3.06. The summed E-state index contributed by atoms with van der Waals surface area (Å²) in [6.07, 6.45) is 0.281. The molecule has 0 aliphatic rings. The van der Waals surface area contributed by atoms with E-state index in [1.165, 1.54) is 11.8 Å². The van der Waals surface area contributed by atoms with Gasteiger partial charge < -0.3 is 4.90 Å². The van der Waals surface area contributed by atoms with Crippen LogP contribution < -0.4 is 4.90 Å². The van der Waals surface area contributed by atoms with Crippen LogP contribution in [-0.4, -0.2) is 18.2 Å². The molecule has 6 heteroatoms. The molecule has 0 heterocycles. The Bertz CT molecular complexity index is 716. The fourth-order valence-electron chi connectivity index (χ4n) is 1.97. The minimum Gasteiger partial charge on any atom is -0.311 e. The van der Waals surface area contributed by atoms with Crippen molar-refractivity contribution in [3.8, 4) is 6.07 Å². The van der Waals surface area contributed by atoms with Gasteiger partial charge in [0.25, 0.3) is 0 Å². The van der Waals surface area contributed by atoms with E-state index in [9.17, 15) is 4.79 Å². The van der Waals surface area contributed by atoms with Crippen LogP contribution in [0.4, 0.5) is 5.69 Å². The standard InChI is InChI=1S/C17H14Cl2N2OS/c18-13-7-8-15(19)16(11-13)23-12-17(22)21(10-4-9-20)14-5-2-1-3-6-14/h1-3,5-8,11H,4,10,12H2. The average Bonchev–Trinajstić information content (AvgIpc) is 2.57. The summed E-state index contributed by atoms with van der Waals surface area (Å²) < 4.78 is 0. The van der Waals surface area contributed by atoms with Crippen LogP contribution in [0.3, 0.4) is 0 Å². The number of carbonyl (C=O) groups excluding carboxylic acids is 1. The molecule has 0 radical (unpaired) electrons. The Hall–Kier alpha value is -1.67. The van der Waals surface area contributed by atoms with E-state index in [2.05, 4.69) is 6.07 Å². The Balaban J connectivity index is 2.09. The zero-order chi connectivity index (χ0) is 16.7. The highest BCUT2D eigenvalue weighted by molar-refractivity contribution is 8.00. The Kier molecular flexibility index (Phi) is 6.79. The zero-order valence-electron chi connectivity index (χ0n) is 12.2. The van der Waals surface area contributed by atoms with Gasteiger partial charge in [0.15, 0.2) is 0 Å². The van der Waals surface area contributed by atoms with Crippen LogP contribution in [0.25, 0.3) is 0 Å². The highest BCUT2D eigenvalue weighted by Gasteiger charge is 2.16. The van der Waals surface area contributed by atoms with Crippen LogP contribution >= 0.6 is 35.0 Å².